The van der Waals surface area contributed by atoms with Crippen LogP contribution < -0.4 is 0 Å². The van der Waals surface area contributed by atoms with Gasteiger partial charge in [-0.1, -0.05) is 17.3 Å². The Morgan fingerprint density at radius 2 is 2.15 bits per heavy atom. The zero-order chi connectivity index (χ0) is 17.9. The van der Waals surface area contributed by atoms with Crippen LogP contribution in [0.2, 0.25) is 0 Å². The van der Waals surface area contributed by atoms with Crippen LogP contribution in [0, 0.1) is 6.92 Å². The van der Waals surface area contributed by atoms with Gasteiger partial charge in [0.15, 0.2) is 0 Å². The third-order valence-electron chi connectivity index (χ3n) is 5.13. The molecule has 1 fully saturated rings. The van der Waals surface area contributed by atoms with E-state index in [1.165, 1.54) is 5.56 Å². The van der Waals surface area contributed by atoms with Crippen molar-refractivity contribution in [2.75, 3.05) is 6.54 Å². The van der Waals surface area contributed by atoms with Crippen LogP contribution in [0.15, 0.2) is 42.6 Å². The molecule has 0 aliphatic carbocycles. The van der Waals surface area contributed by atoms with E-state index in [1.54, 1.807) is 4.68 Å². The van der Waals surface area contributed by atoms with Crippen molar-refractivity contribution in [1.82, 2.24) is 24.9 Å². The monoisotopic (exact) mass is 349 g/mol. The Morgan fingerprint density at radius 3 is 3.04 bits per heavy atom. The Labute approximate surface area is 152 Å². The fraction of sp³-hybridized carbons (Fsp3) is 0.400. The minimum Gasteiger partial charge on any atom is -0.338 e. The van der Waals surface area contributed by atoms with Crippen LogP contribution in [0.4, 0.5) is 0 Å². The summed E-state index contributed by atoms with van der Waals surface area (Å²) in [5.74, 6) is 0.133. The molecular weight excluding hydrogens is 326 g/mol. The van der Waals surface area contributed by atoms with Gasteiger partial charge in [-0.3, -0.25) is 9.78 Å². The second-order valence-corrected chi connectivity index (χ2v) is 6.96. The molecule has 1 saturated heterocycles. The van der Waals surface area contributed by atoms with E-state index in [2.05, 4.69) is 27.4 Å². The first kappa shape index (κ1) is 16.7. The van der Waals surface area contributed by atoms with E-state index in [0.717, 1.165) is 49.0 Å². The van der Waals surface area contributed by atoms with Crippen molar-refractivity contribution in [3.63, 3.8) is 0 Å². The van der Waals surface area contributed by atoms with Gasteiger partial charge >= 0.3 is 0 Å². The molecule has 2 aromatic heterocycles. The molecule has 6 heteroatoms. The molecular formula is C20H23N5O. The summed E-state index contributed by atoms with van der Waals surface area (Å²) in [6.07, 6.45) is 5.98. The van der Waals surface area contributed by atoms with Gasteiger partial charge in [0.1, 0.15) is 12.1 Å². The van der Waals surface area contributed by atoms with E-state index in [9.17, 15) is 4.79 Å². The molecule has 1 aliphatic heterocycles. The SMILES string of the molecule is Cc1cc(CCC2CCCN2C(=O)Cn2nnc3ccccc32)ccn1. The summed E-state index contributed by atoms with van der Waals surface area (Å²) in [7, 11) is 0. The summed E-state index contributed by atoms with van der Waals surface area (Å²) in [4.78, 5) is 19.1. The molecule has 4 rings (SSSR count). The van der Waals surface area contributed by atoms with Crippen molar-refractivity contribution in [3.8, 4) is 0 Å². The molecule has 0 bridgehead atoms. The van der Waals surface area contributed by atoms with Crippen molar-refractivity contribution < 1.29 is 4.79 Å². The van der Waals surface area contributed by atoms with E-state index in [-0.39, 0.29) is 12.5 Å². The molecule has 0 radical (unpaired) electrons. The second-order valence-electron chi connectivity index (χ2n) is 6.96. The molecule has 3 heterocycles. The lowest BCUT2D eigenvalue weighted by Crippen LogP contribution is -2.38. The Morgan fingerprint density at radius 1 is 1.27 bits per heavy atom. The quantitative estimate of drug-likeness (QED) is 0.710. The van der Waals surface area contributed by atoms with Gasteiger partial charge in [-0.15, -0.1) is 5.10 Å². The molecule has 1 atom stereocenters. The highest BCUT2D eigenvalue weighted by molar-refractivity contribution is 5.80. The summed E-state index contributed by atoms with van der Waals surface area (Å²) in [6, 6.07) is 12.3. The third-order valence-corrected chi connectivity index (χ3v) is 5.13. The van der Waals surface area contributed by atoms with Gasteiger partial charge in [-0.05, 0) is 62.4 Å². The Balaban J connectivity index is 1.41. The van der Waals surface area contributed by atoms with E-state index >= 15 is 0 Å². The van der Waals surface area contributed by atoms with Crippen LogP contribution in [0.3, 0.4) is 0 Å². The highest BCUT2D eigenvalue weighted by Gasteiger charge is 2.28. The lowest BCUT2D eigenvalue weighted by atomic mass is 10.0. The van der Waals surface area contributed by atoms with E-state index < -0.39 is 0 Å². The average molecular weight is 349 g/mol. The highest BCUT2D eigenvalue weighted by atomic mass is 16.2. The van der Waals surface area contributed by atoms with Gasteiger partial charge in [-0.25, -0.2) is 4.68 Å². The minimum atomic E-state index is 0.133. The molecule has 1 amide bonds. The standard InChI is InChI=1S/C20H23N5O/c1-15-13-16(10-11-21-15)8-9-17-5-4-12-24(17)20(26)14-25-19-7-3-2-6-18(19)22-23-25/h2-3,6-7,10-11,13,17H,4-5,8-9,12,14H2,1H3. The van der Waals surface area contributed by atoms with Crippen LogP contribution >= 0.6 is 0 Å². The number of likely N-dealkylation sites (tertiary alicyclic amines) is 1. The molecule has 134 valence electrons. The van der Waals surface area contributed by atoms with Crippen molar-refractivity contribution >= 4 is 16.9 Å². The normalized spacial score (nSPS) is 17.1. The fourth-order valence-electron chi connectivity index (χ4n) is 3.81. The highest BCUT2D eigenvalue weighted by Crippen LogP contribution is 2.23. The zero-order valence-electron chi connectivity index (χ0n) is 15.0. The van der Waals surface area contributed by atoms with Gasteiger partial charge in [-0.2, -0.15) is 0 Å². The number of carbonyl (C=O) groups is 1. The molecule has 0 N–H and O–H groups in total. The minimum absolute atomic E-state index is 0.133. The lowest BCUT2D eigenvalue weighted by Gasteiger charge is -2.25. The van der Waals surface area contributed by atoms with Crippen molar-refractivity contribution in [2.45, 2.75) is 45.2 Å². The summed E-state index contributed by atoms with van der Waals surface area (Å²) in [5, 5.41) is 8.29. The van der Waals surface area contributed by atoms with Gasteiger partial charge in [0, 0.05) is 24.5 Å². The Hall–Kier alpha value is -2.76. The molecule has 0 saturated carbocycles. The number of hydrogen-bond donors (Lipinski definition) is 0. The van der Waals surface area contributed by atoms with Gasteiger partial charge in [0.2, 0.25) is 5.91 Å². The van der Waals surface area contributed by atoms with E-state index in [0.29, 0.717) is 6.04 Å². The van der Waals surface area contributed by atoms with Crippen molar-refractivity contribution in [2.24, 2.45) is 0 Å². The van der Waals surface area contributed by atoms with Gasteiger partial charge in [0.25, 0.3) is 0 Å². The topological polar surface area (TPSA) is 63.9 Å². The lowest BCUT2D eigenvalue weighted by molar-refractivity contribution is -0.132. The predicted molar refractivity (Wildman–Crippen MR) is 99.6 cm³/mol. The maximum Gasteiger partial charge on any atom is 0.244 e. The number of aryl methyl sites for hydroxylation is 2. The number of hydrogen-bond acceptors (Lipinski definition) is 4. The largest absolute Gasteiger partial charge is 0.338 e. The number of aromatic nitrogens is 4. The van der Waals surface area contributed by atoms with Crippen LogP contribution in [0.25, 0.3) is 11.0 Å². The first-order valence-electron chi connectivity index (χ1n) is 9.20. The number of carbonyl (C=O) groups excluding carboxylic acids is 1. The maximum absolute atomic E-state index is 12.9. The zero-order valence-corrected chi connectivity index (χ0v) is 15.0. The number of fused-ring (bicyclic) bond motifs is 1. The first-order chi connectivity index (χ1) is 12.7. The fourth-order valence-corrected chi connectivity index (χ4v) is 3.81. The first-order valence-corrected chi connectivity index (χ1v) is 9.20. The number of pyridine rings is 1. The van der Waals surface area contributed by atoms with Crippen LogP contribution in [0.5, 0.6) is 0 Å². The van der Waals surface area contributed by atoms with Crippen molar-refractivity contribution in [3.05, 3.63) is 53.9 Å². The summed E-state index contributed by atoms with van der Waals surface area (Å²) in [5.41, 5.74) is 4.06. The molecule has 1 aromatic carbocycles. The summed E-state index contributed by atoms with van der Waals surface area (Å²) >= 11 is 0. The molecule has 6 nitrogen and oxygen atoms in total. The molecule has 0 spiro atoms. The van der Waals surface area contributed by atoms with Gasteiger partial charge < -0.3 is 4.90 Å². The number of nitrogens with zero attached hydrogens (tertiary/aromatic N) is 5. The Bertz CT molecular complexity index is 919. The molecule has 26 heavy (non-hydrogen) atoms. The van der Waals surface area contributed by atoms with Crippen LogP contribution in [-0.2, 0) is 17.8 Å². The number of benzene rings is 1. The van der Waals surface area contributed by atoms with Gasteiger partial charge in [0.05, 0.1) is 5.52 Å². The van der Waals surface area contributed by atoms with E-state index in [1.807, 2.05) is 42.3 Å². The summed E-state index contributed by atoms with van der Waals surface area (Å²) < 4.78 is 1.71. The predicted octanol–water partition coefficient (Wildman–Crippen LogP) is 2.76. The number of para-hydroxylation sites is 1. The smallest absolute Gasteiger partial charge is 0.244 e. The van der Waals surface area contributed by atoms with Crippen LogP contribution in [0.1, 0.15) is 30.5 Å². The molecule has 3 aromatic rings. The number of amides is 1. The summed E-state index contributed by atoms with van der Waals surface area (Å²) in [6.45, 7) is 3.11. The average Bonchev–Trinajstić information content (AvgIpc) is 3.27. The number of rotatable bonds is 5. The molecule has 1 aliphatic rings. The Kier molecular flexibility index (Phi) is 4.65. The third kappa shape index (κ3) is 3.45. The molecule has 1 unspecified atom stereocenters. The second kappa shape index (κ2) is 7.23. The van der Waals surface area contributed by atoms with Crippen molar-refractivity contribution in [1.29, 1.82) is 0 Å². The van der Waals surface area contributed by atoms with E-state index in [4.69, 9.17) is 0 Å². The maximum atomic E-state index is 12.9. The van der Waals surface area contributed by atoms with Crippen LogP contribution in [-0.4, -0.2) is 43.4 Å².